The highest BCUT2D eigenvalue weighted by Crippen LogP contribution is 2.28. The predicted octanol–water partition coefficient (Wildman–Crippen LogP) is 4.44. The topological polar surface area (TPSA) is 107 Å². The van der Waals surface area contributed by atoms with E-state index in [0.29, 0.717) is 40.8 Å². The van der Waals surface area contributed by atoms with Gasteiger partial charge in [0.1, 0.15) is 5.69 Å². The van der Waals surface area contributed by atoms with E-state index in [4.69, 9.17) is 9.47 Å². The maximum atomic E-state index is 13.1. The number of amides is 2. The van der Waals surface area contributed by atoms with Gasteiger partial charge in [0.05, 0.1) is 25.0 Å². The fourth-order valence-corrected chi connectivity index (χ4v) is 3.55. The molecular formula is C28H29N5O4. The summed E-state index contributed by atoms with van der Waals surface area (Å²) in [5, 5.41) is 4.60. The number of nitrogens with one attached hydrogen (secondary N) is 2. The van der Waals surface area contributed by atoms with E-state index >= 15 is 0 Å². The SMILES string of the molecule is COc1cc(C(=O)NNC(=O)c2cn(-c3ccccc3)nc2-c2cccnc2)ccc1OCCC(C)C. The van der Waals surface area contributed by atoms with Crippen molar-refractivity contribution < 1.29 is 19.1 Å². The third kappa shape index (κ3) is 6.32. The van der Waals surface area contributed by atoms with Crippen LogP contribution >= 0.6 is 0 Å². The van der Waals surface area contributed by atoms with Gasteiger partial charge in [0, 0.05) is 29.7 Å². The molecule has 9 nitrogen and oxygen atoms in total. The summed E-state index contributed by atoms with van der Waals surface area (Å²) in [6.07, 6.45) is 5.79. The minimum atomic E-state index is -0.519. The first-order chi connectivity index (χ1) is 18.0. The lowest BCUT2D eigenvalue weighted by molar-refractivity contribution is 0.0847. The number of nitrogens with zero attached hydrogens (tertiary/aromatic N) is 3. The first kappa shape index (κ1) is 25.4. The molecule has 2 amide bonds. The summed E-state index contributed by atoms with van der Waals surface area (Å²) in [6, 6.07) is 17.9. The normalized spacial score (nSPS) is 10.7. The van der Waals surface area contributed by atoms with Crippen molar-refractivity contribution in [1.82, 2.24) is 25.6 Å². The Balaban J connectivity index is 1.50. The fraction of sp³-hybridized carbons (Fsp3) is 0.214. The van der Waals surface area contributed by atoms with Gasteiger partial charge in [0.25, 0.3) is 11.8 Å². The van der Waals surface area contributed by atoms with Crippen LogP contribution in [-0.2, 0) is 0 Å². The minimum Gasteiger partial charge on any atom is -0.493 e. The minimum absolute atomic E-state index is 0.281. The average molecular weight is 500 g/mol. The lowest BCUT2D eigenvalue weighted by Gasteiger charge is -2.13. The van der Waals surface area contributed by atoms with Crippen LogP contribution < -0.4 is 20.3 Å². The van der Waals surface area contributed by atoms with E-state index in [1.807, 2.05) is 36.4 Å². The van der Waals surface area contributed by atoms with Crippen molar-refractivity contribution in [2.24, 2.45) is 5.92 Å². The lowest BCUT2D eigenvalue weighted by Crippen LogP contribution is -2.41. The molecule has 37 heavy (non-hydrogen) atoms. The molecule has 0 bridgehead atoms. The van der Waals surface area contributed by atoms with Crippen molar-refractivity contribution in [2.75, 3.05) is 13.7 Å². The number of pyridine rings is 1. The van der Waals surface area contributed by atoms with Crippen molar-refractivity contribution in [3.8, 4) is 28.4 Å². The van der Waals surface area contributed by atoms with Crippen LogP contribution in [-0.4, -0.2) is 40.3 Å². The molecule has 0 saturated heterocycles. The van der Waals surface area contributed by atoms with E-state index in [1.54, 1.807) is 47.5 Å². The summed E-state index contributed by atoms with van der Waals surface area (Å²) in [6.45, 7) is 4.79. The number of hydrogen-bond donors (Lipinski definition) is 2. The molecule has 2 aromatic heterocycles. The van der Waals surface area contributed by atoms with Crippen molar-refractivity contribution in [2.45, 2.75) is 20.3 Å². The Bertz CT molecular complexity index is 1350. The van der Waals surface area contributed by atoms with Gasteiger partial charge in [-0.3, -0.25) is 25.4 Å². The third-order valence-electron chi connectivity index (χ3n) is 5.58. The molecule has 0 atom stereocenters. The van der Waals surface area contributed by atoms with E-state index in [9.17, 15) is 9.59 Å². The first-order valence-electron chi connectivity index (χ1n) is 11.9. The molecule has 2 heterocycles. The van der Waals surface area contributed by atoms with Crippen molar-refractivity contribution in [1.29, 1.82) is 0 Å². The maximum Gasteiger partial charge on any atom is 0.273 e. The highest BCUT2D eigenvalue weighted by Gasteiger charge is 2.20. The number of carbonyl (C=O) groups is 2. The van der Waals surface area contributed by atoms with E-state index in [2.05, 4.69) is 34.8 Å². The number of methoxy groups -OCH3 is 1. The molecule has 0 aliphatic rings. The van der Waals surface area contributed by atoms with Crippen LogP contribution in [0.2, 0.25) is 0 Å². The van der Waals surface area contributed by atoms with Crippen LogP contribution in [0.5, 0.6) is 11.5 Å². The number of benzene rings is 2. The second kappa shape index (κ2) is 11.9. The molecule has 190 valence electrons. The average Bonchev–Trinajstić information content (AvgIpc) is 3.38. The summed E-state index contributed by atoms with van der Waals surface area (Å²) in [5.74, 6) is 0.482. The van der Waals surface area contributed by atoms with Gasteiger partial charge in [-0.25, -0.2) is 4.68 Å². The third-order valence-corrected chi connectivity index (χ3v) is 5.58. The molecule has 0 fully saturated rings. The second-order valence-corrected chi connectivity index (χ2v) is 8.72. The van der Waals surface area contributed by atoms with Gasteiger partial charge in [-0.05, 0) is 54.8 Å². The Morgan fingerprint density at radius 2 is 1.76 bits per heavy atom. The number of ether oxygens (including phenoxy) is 2. The van der Waals surface area contributed by atoms with Gasteiger partial charge in [0.15, 0.2) is 11.5 Å². The zero-order valence-electron chi connectivity index (χ0n) is 21.0. The molecule has 0 aliphatic carbocycles. The van der Waals surface area contributed by atoms with Crippen molar-refractivity contribution in [3.05, 3.63) is 90.4 Å². The molecule has 4 aromatic rings. The summed E-state index contributed by atoms with van der Waals surface area (Å²) in [7, 11) is 1.51. The molecule has 2 aromatic carbocycles. The number of hydrazine groups is 1. The number of rotatable bonds is 9. The second-order valence-electron chi connectivity index (χ2n) is 8.72. The summed E-state index contributed by atoms with van der Waals surface area (Å²) in [4.78, 5) is 30.1. The molecule has 2 N–H and O–H groups in total. The molecular weight excluding hydrogens is 470 g/mol. The molecule has 0 radical (unpaired) electrons. The van der Waals surface area contributed by atoms with Gasteiger partial charge >= 0.3 is 0 Å². The smallest absolute Gasteiger partial charge is 0.273 e. The van der Waals surface area contributed by atoms with Gasteiger partial charge in [-0.2, -0.15) is 5.10 Å². The van der Waals surface area contributed by atoms with Crippen molar-refractivity contribution >= 4 is 11.8 Å². The van der Waals surface area contributed by atoms with E-state index < -0.39 is 11.8 Å². The molecule has 4 rings (SSSR count). The number of para-hydroxylation sites is 1. The molecule has 0 unspecified atom stereocenters. The van der Waals surface area contributed by atoms with Gasteiger partial charge in [0.2, 0.25) is 0 Å². The van der Waals surface area contributed by atoms with E-state index in [1.165, 1.54) is 7.11 Å². The Labute approximate surface area is 215 Å². The van der Waals surface area contributed by atoms with Crippen LogP contribution in [0.1, 0.15) is 41.0 Å². The Kier molecular flexibility index (Phi) is 8.15. The molecule has 0 aliphatic heterocycles. The molecule has 0 spiro atoms. The van der Waals surface area contributed by atoms with Crippen LogP contribution in [0.3, 0.4) is 0 Å². The Hall–Kier alpha value is -4.66. The number of carbonyl (C=O) groups excluding carboxylic acids is 2. The van der Waals surface area contributed by atoms with Crippen LogP contribution in [0.15, 0.2) is 79.3 Å². The zero-order valence-corrected chi connectivity index (χ0v) is 21.0. The van der Waals surface area contributed by atoms with Crippen molar-refractivity contribution in [3.63, 3.8) is 0 Å². The number of aromatic nitrogens is 3. The van der Waals surface area contributed by atoms with E-state index in [-0.39, 0.29) is 5.56 Å². The zero-order chi connectivity index (χ0) is 26.2. The Morgan fingerprint density at radius 3 is 2.46 bits per heavy atom. The Morgan fingerprint density at radius 1 is 0.973 bits per heavy atom. The highest BCUT2D eigenvalue weighted by atomic mass is 16.5. The lowest BCUT2D eigenvalue weighted by atomic mass is 10.1. The van der Waals surface area contributed by atoms with E-state index in [0.717, 1.165) is 12.1 Å². The number of hydrogen-bond acceptors (Lipinski definition) is 6. The maximum absolute atomic E-state index is 13.1. The monoisotopic (exact) mass is 499 g/mol. The first-order valence-corrected chi connectivity index (χ1v) is 11.9. The summed E-state index contributed by atoms with van der Waals surface area (Å²) >= 11 is 0. The predicted molar refractivity (Wildman–Crippen MR) is 140 cm³/mol. The quantitative estimate of drug-likeness (QED) is 0.330. The standard InChI is InChI=1S/C28H29N5O4/c1-19(2)13-15-37-24-12-11-20(16-25(24)36-3)27(34)30-31-28(35)23-18-33(22-9-5-4-6-10-22)32-26(23)21-8-7-14-29-17-21/h4-12,14,16-19H,13,15H2,1-3H3,(H,30,34)(H,31,35). The summed E-state index contributed by atoms with van der Waals surface area (Å²) < 4.78 is 12.8. The van der Waals surface area contributed by atoms with Gasteiger partial charge in [-0.1, -0.05) is 32.0 Å². The van der Waals surface area contributed by atoms with Crippen LogP contribution in [0, 0.1) is 5.92 Å². The fourth-order valence-electron chi connectivity index (χ4n) is 3.55. The summed E-state index contributed by atoms with van der Waals surface area (Å²) in [5.41, 5.74) is 7.44. The van der Waals surface area contributed by atoms with Crippen LogP contribution in [0.4, 0.5) is 0 Å². The van der Waals surface area contributed by atoms with Gasteiger partial charge < -0.3 is 9.47 Å². The van der Waals surface area contributed by atoms with Crippen LogP contribution in [0.25, 0.3) is 16.9 Å². The molecule has 0 saturated carbocycles. The van der Waals surface area contributed by atoms with Gasteiger partial charge in [-0.15, -0.1) is 0 Å². The highest BCUT2D eigenvalue weighted by molar-refractivity contribution is 6.02. The molecule has 9 heteroatoms. The largest absolute Gasteiger partial charge is 0.493 e.